The number of halogens is 1. The molecule has 0 saturated carbocycles. The molecule has 6 heteroatoms. The van der Waals surface area contributed by atoms with E-state index in [0.717, 1.165) is 44.8 Å². The molecule has 25 heavy (non-hydrogen) atoms. The van der Waals surface area contributed by atoms with Gasteiger partial charge in [0, 0.05) is 16.6 Å². The smallest absolute Gasteiger partial charge is 0.165 e. The molecule has 0 aliphatic rings. The maximum Gasteiger partial charge on any atom is 0.165 e. The van der Waals surface area contributed by atoms with Gasteiger partial charge in [-0.1, -0.05) is 35.0 Å². The van der Waals surface area contributed by atoms with Gasteiger partial charge in [-0.05, 0) is 30.7 Å². The second-order valence-electron chi connectivity index (χ2n) is 5.75. The first-order valence-corrected chi connectivity index (χ1v) is 9.14. The highest BCUT2D eigenvalue weighted by Gasteiger charge is 2.13. The fraction of sp³-hybridized carbons (Fsp3) is 0.316. The largest absolute Gasteiger partial charge is 0.493 e. The first-order valence-electron chi connectivity index (χ1n) is 8.34. The molecule has 0 unspecified atom stereocenters. The first-order chi connectivity index (χ1) is 12.2. The van der Waals surface area contributed by atoms with E-state index in [9.17, 15) is 0 Å². The highest BCUT2D eigenvalue weighted by Crippen LogP contribution is 2.35. The standard InChI is InChI=1S/C19H22BrN3O2/c1-3-8-25-19-13(9-14(20)10-17(19)24-2)11-21-12-18-22-15-6-4-5-7-16(15)23-18/h4-7,9-10,21H,3,8,11-12H2,1-2H3,(H,22,23). The van der Waals surface area contributed by atoms with Crippen LogP contribution in [0.5, 0.6) is 11.5 Å². The molecule has 0 spiro atoms. The van der Waals surface area contributed by atoms with Crippen molar-refractivity contribution in [2.45, 2.75) is 26.4 Å². The van der Waals surface area contributed by atoms with E-state index in [0.29, 0.717) is 19.7 Å². The Kier molecular flexibility index (Phi) is 5.94. The van der Waals surface area contributed by atoms with Crippen LogP contribution in [-0.2, 0) is 13.1 Å². The van der Waals surface area contributed by atoms with E-state index in [1.54, 1.807) is 7.11 Å². The number of ether oxygens (including phenoxy) is 2. The van der Waals surface area contributed by atoms with E-state index in [4.69, 9.17) is 9.47 Å². The van der Waals surface area contributed by atoms with Crippen LogP contribution < -0.4 is 14.8 Å². The summed E-state index contributed by atoms with van der Waals surface area (Å²) in [5, 5.41) is 3.42. The van der Waals surface area contributed by atoms with Crippen molar-refractivity contribution in [1.29, 1.82) is 0 Å². The molecule has 1 heterocycles. The van der Waals surface area contributed by atoms with Crippen molar-refractivity contribution < 1.29 is 9.47 Å². The molecule has 2 aromatic carbocycles. The Hall–Kier alpha value is -2.05. The number of aromatic nitrogens is 2. The number of aromatic amines is 1. The van der Waals surface area contributed by atoms with E-state index in [1.807, 2.05) is 30.3 Å². The van der Waals surface area contributed by atoms with E-state index in [2.05, 4.69) is 44.2 Å². The molecule has 0 saturated heterocycles. The van der Waals surface area contributed by atoms with Gasteiger partial charge in [0.15, 0.2) is 11.5 Å². The SMILES string of the molecule is CCCOc1c(CNCc2nc3ccccc3[nH]2)cc(Br)cc1OC. The van der Waals surface area contributed by atoms with Crippen molar-refractivity contribution >= 4 is 27.0 Å². The molecule has 0 atom stereocenters. The predicted molar refractivity (Wildman–Crippen MR) is 103 cm³/mol. The number of fused-ring (bicyclic) bond motifs is 1. The minimum atomic E-state index is 0.650. The van der Waals surface area contributed by atoms with E-state index >= 15 is 0 Å². The summed E-state index contributed by atoms with van der Waals surface area (Å²) in [6.45, 7) is 4.06. The molecular weight excluding hydrogens is 382 g/mol. The van der Waals surface area contributed by atoms with Crippen LogP contribution in [0.3, 0.4) is 0 Å². The zero-order valence-electron chi connectivity index (χ0n) is 14.4. The molecule has 0 amide bonds. The summed E-state index contributed by atoms with van der Waals surface area (Å²) in [6, 6.07) is 12.0. The summed E-state index contributed by atoms with van der Waals surface area (Å²) in [6.07, 6.45) is 0.949. The number of rotatable bonds is 8. The quantitative estimate of drug-likeness (QED) is 0.584. The van der Waals surface area contributed by atoms with Gasteiger partial charge in [0.1, 0.15) is 5.82 Å². The highest BCUT2D eigenvalue weighted by molar-refractivity contribution is 9.10. The number of methoxy groups -OCH3 is 1. The molecule has 3 aromatic rings. The number of imidazole rings is 1. The van der Waals surface area contributed by atoms with Gasteiger partial charge < -0.3 is 19.8 Å². The normalized spacial score (nSPS) is 11.0. The van der Waals surface area contributed by atoms with Crippen LogP contribution >= 0.6 is 15.9 Å². The van der Waals surface area contributed by atoms with Crippen LogP contribution in [-0.4, -0.2) is 23.7 Å². The van der Waals surface area contributed by atoms with Gasteiger partial charge in [0.25, 0.3) is 0 Å². The van der Waals surface area contributed by atoms with Crippen LogP contribution in [0.2, 0.25) is 0 Å². The molecule has 5 nitrogen and oxygen atoms in total. The van der Waals surface area contributed by atoms with Crippen LogP contribution in [0.25, 0.3) is 11.0 Å². The van der Waals surface area contributed by atoms with Crippen molar-refractivity contribution in [1.82, 2.24) is 15.3 Å². The molecule has 2 N–H and O–H groups in total. The monoisotopic (exact) mass is 403 g/mol. The van der Waals surface area contributed by atoms with E-state index in [-0.39, 0.29) is 0 Å². The summed E-state index contributed by atoms with van der Waals surface area (Å²) in [4.78, 5) is 7.91. The van der Waals surface area contributed by atoms with Gasteiger partial charge in [0.05, 0.1) is 31.3 Å². The second kappa shape index (κ2) is 8.36. The molecule has 0 radical (unpaired) electrons. The van der Waals surface area contributed by atoms with Crippen LogP contribution in [0.15, 0.2) is 40.9 Å². The van der Waals surface area contributed by atoms with Crippen LogP contribution in [0.1, 0.15) is 24.7 Å². The number of nitrogens with zero attached hydrogens (tertiary/aromatic N) is 1. The van der Waals surface area contributed by atoms with Crippen molar-refractivity contribution in [3.05, 3.63) is 52.3 Å². The Balaban J connectivity index is 1.72. The highest BCUT2D eigenvalue weighted by atomic mass is 79.9. The van der Waals surface area contributed by atoms with Gasteiger partial charge in [-0.2, -0.15) is 0 Å². The average Bonchev–Trinajstić information content (AvgIpc) is 3.03. The van der Waals surface area contributed by atoms with E-state index < -0.39 is 0 Å². The lowest BCUT2D eigenvalue weighted by molar-refractivity contribution is 0.290. The molecule has 132 valence electrons. The Morgan fingerprint density at radius 1 is 1.20 bits per heavy atom. The van der Waals surface area contributed by atoms with Gasteiger partial charge >= 0.3 is 0 Å². The molecule has 0 aliphatic carbocycles. The molecule has 3 rings (SSSR count). The van der Waals surface area contributed by atoms with Crippen molar-refractivity contribution in [3.8, 4) is 11.5 Å². The maximum atomic E-state index is 5.90. The first kappa shape index (κ1) is 17.8. The Morgan fingerprint density at radius 3 is 2.80 bits per heavy atom. The van der Waals surface area contributed by atoms with Crippen molar-refractivity contribution in [2.75, 3.05) is 13.7 Å². The maximum absolute atomic E-state index is 5.90. The number of para-hydroxylation sites is 2. The van der Waals surface area contributed by atoms with Crippen molar-refractivity contribution in [3.63, 3.8) is 0 Å². The lowest BCUT2D eigenvalue weighted by Gasteiger charge is -2.16. The Bertz CT molecular complexity index is 815. The summed E-state index contributed by atoms with van der Waals surface area (Å²) >= 11 is 3.53. The van der Waals surface area contributed by atoms with Crippen molar-refractivity contribution in [2.24, 2.45) is 0 Å². The van der Waals surface area contributed by atoms with Crippen LogP contribution in [0, 0.1) is 0 Å². The average molecular weight is 404 g/mol. The molecular formula is C19H22BrN3O2. The summed E-state index contributed by atoms with van der Waals surface area (Å²) in [5.74, 6) is 2.45. The summed E-state index contributed by atoms with van der Waals surface area (Å²) < 4.78 is 12.3. The Labute approximate surface area is 155 Å². The number of H-pyrrole nitrogens is 1. The second-order valence-corrected chi connectivity index (χ2v) is 6.66. The minimum absolute atomic E-state index is 0.650. The number of nitrogens with one attached hydrogen (secondary N) is 2. The summed E-state index contributed by atoms with van der Waals surface area (Å²) in [7, 11) is 1.66. The van der Waals surface area contributed by atoms with Gasteiger partial charge in [-0.3, -0.25) is 0 Å². The third-order valence-electron chi connectivity index (χ3n) is 3.81. The molecule has 0 fully saturated rings. The third-order valence-corrected chi connectivity index (χ3v) is 4.27. The zero-order valence-corrected chi connectivity index (χ0v) is 16.0. The summed E-state index contributed by atoms with van der Waals surface area (Å²) in [5.41, 5.74) is 3.08. The van der Waals surface area contributed by atoms with Gasteiger partial charge in [-0.25, -0.2) is 4.98 Å². The molecule has 1 aromatic heterocycles. The third kappa shape index (κ3) is 4.32. The fourth-order valence-corrected chi connectivity index (χ4v) is 3.16. The number of benzene rings is 2. The van der Waals surface area contributed by atoms with E-state index in [1.165, 1.54) is 0 Å². The van der Waals surface area contributed by atoms with Crippen LogP contribution in [0.4, 0.5) is 0 Å². The van der Waals surface area contributed by atoms with Gasteiger partial charge in [-0.15, -0.1) is 0 Å². The lowest BCUT2D eigenvalue weighted by Crippen LogP contribution is -2.15. The fourth-order valence-electron chi connectivity index (χ4n) is 2.68. The van der Waals surface area contributed by atoms with Gasteiger partial charge in [0.2, 0.25) is 0 Å². The lowest BCUT2D eigenvalue weighted by atomic mass is 10.2. The minimum Gasteiger partial charge on any atom is -0.493 e. The Morgan fingerprint density at radius 2 is 2.04 bits per heavy atom. The molecule has 0 aliphatic heterocycles. The topological polar surface area (TPSA) is 59.2 Å². The number of hydrogen-bond acceptors (Lipinski definition) is 4. The zero-order chi connectivity index (χ0) is 17.6. The molecule has 0 bridgehead atoms. The predicted octanol–water partition coefficient (Wildman–Crippen LogP) is 4.41. The number of hydrogen-bond donors (Lipinski definition) is 2.